The molecule has 8 nitrogen and oxygen atoms in total. The van der Waals surface area contributed by atoms with Crippen molar-refractivity contribution in [2.45, 2.75) is 37.6 Å². The van der Waals surface area contributed by atoms with Crippen LogP contribution in [-0.4, -0.2) is 56.9 Å². The molecule has 3 atom stereocenters. The van der Waals surface area contributed by atoms with E-state index in [1.165, 1.54) is 0 Å². The van der Waals surface area contributed by atoms with Crippen molar-refractivity contribution in [1.29, 1.82) is 0 Å². The molecule has 2 heterocycles. The summed E-state index contributed by atoms with van der Waals surface area (Å²) in [4.78, 5) is 29.1. The smallest absolute Gasteiger partial charge is 0.254 e. The molecule has 5 rings (SSSR count). The second kappa shape index (κ2) is 10.3. The Labute approximate surface area is 224 Å². The van der Waals surface area contributed by atoms with Gasteiger partial charge in [0.15, 0.2) is 11.6 Å². The van der Waals surface area contributed by atoms with Gasteiger partial charge in [-0.25, -0.2) is 0 Å². The van der Waals surface area contributed by atoms with Gasteiger partial charge in [-0.15, -0.1) is 0 Å². The topological polar surface area (TPSA) is 89.1 Å². The first-order valence-corrected chi connectivity index (χ1v) is 13.1. The Kier molecular flexibility index (Phi) is 7.11. The summed E-state index contributed by atoms with van der Waals surface area (Å²) in [6.07, 6.45) is 0.478. The van der Waals surface area contributed by atoms with Gasteiger partial charge in [0.25, 0.3) is 5.91 Å². The van der Waals surface area contributed by atoms with Crippen LogP contribution in [0.4, 0.5) is 5.69 Å². The number of rotatable bonds is 6. The van der Waals surface area contributed by atoms with Gasteiger partial charge in [-0.05, 0) is 55.1 Å². The van der Waals surface area contributed by atoms with Gasteiger partial charge in [0.1, 0.15) is 11.5 Å². The van der Waals surface area contributed by atoms with Crippen molar-refractivity contribution in [1.82, 2.24) is 10.6 Å². The lowest BCUT2D eigenvalue weighted by Crippen LogP contribution is -2.64. The maximum Gasteiger partial charge on any atom is 0.254 e. The maximum atomic E-state index is 14.4. The minimum Gasteiger partial charge on any atom is -0.496 e. The third-order valence-electron chi connectivity index (χ3n) is 7.22. The monoisotopic (exact) mass is 567 g/mol. The third kappa shape index (κ3) is 4.67. The van der Waals surface area contributed by atoms with Gasteiger partial charge in [-0.2, -0.15) is 0 Å². The number of ether oxygens (including phenoxy) is 3. The van der Waals surface area contributed by atoms with E-state index in [9.17, 15) is 9.59 Å². The second-order valence-electron chi connectivity index (χ2n) is 9.43. The highest BCUT2D eigenvalue weighted by Crippen LogP contribution is 2.42. The molecule has 1 spiro atoms. The molecule has 37 heavy (non-hydrogen) atoms. The molecule has 1 fully saturated rings. The molecule has 0 aliphatic carbocycles. The summed E-state index contributed by atoms with van der Waals surface area (Å²) in [6, 6.07) is 16.0. The lowest BCUT2D eigenvalue weighted by molar-refractivity contribution is -0.133. The van der Waals surface area contributed by atoms with Crippen LogP contribution >= 0.6 is 15.9 Å². The number of hydrogen-bond acceptors (Lipinski definition) is 6. The average molecular weight is 568 g/mol. The Morgan fingerprint density at radius 1 is 1.24 bits per heavy atom. The van der Waals surface area contributed by atoms with E-state index >= 15 is 0 Å². The van der Waals surface area contributed by atoms with E-state index in [2.05, 4.69) is 26.6 Å². The fourth-order valence-corrected chi connectivity index (χ4v) is 5.41. The standard InChI is InChI=1S/C28H30BrN3O5/c1-17(30-2)26(33)31-25-27(34)32(22-6-4-5-7-24(22)37-28(25)12-13-36-16-28)15-21-20-10-9-19(29)14-18(20)8-11-23(21)35-3/h4-11,14,17,25,30H,12-13,15-16H2,1-3H3,(H,31,33)/t17-,25-,28-/m0/s1. The van der Waals surface area contributed by atoms with Gasteiger partial charge in [0.05, 0.1) is 38.6 Å². The Morgan fingerprint density at radius 2 is 2.05 bits per heavy atom. The second-order valence-corrected chi connectivity index (χ2v) is 10.3. The number of benzene rings is 3. The quantitative estimate of drug-likeness (QED) is 0.471. The van der Waals surface area contributed by atoms with Crippen molar-refractivity contribution < 1.29 is 23.8 Å². The van der Waals surface area contributed by atoms with Crippen LogP contribution in [0.3, 0.4) is 0 Å². The van der Waals surface area contributed by atoms with Crippen LogP contribution < -0.4 is 25.0 Å². The first kappa shape index (κ1) is 25.5. The summed E-state index contributed by atoms with van der Waals surface area (Å²) in [5.41, 5.74) is 0.481. The number of methoxy groups -OCH3 is 1. The van der Waals surface area contributed by atoms with Crippen molar-refractivity contribution in [2.75, 3.05) is 32.3 Å². The van der Waals surface area contributed by atoms with E-state index in [-0.39, 0.29) is 25.0 Å². The number of carbonyl (C=O) groups excluding carboxylic acids is 2. The van der Waals surface area contributed by atoms with Gasteiger partial charge >= 0.3 is 0 Å². The third-order valence-corrected chi connectivity index (χ3v) is 7.72. The van der Waals surface area contributed by atoms with Gasteiger partial charge < -0.3 is 29.7 Å². The summed E-state index contributed by atoms with van der Waals surface area (Å²) in [5, 5.41) is 7.92. The van der Waals surface area contributed by atoms with Crippen molar-refractivity contribution in [3.8, 4) is 11.5 Å². The predicted octanol–water partition coefficient (Wildman–Crippen LogP) is 3.79. The molecular formula is C28H30BrN3O5. The summed E-state index contributed by atoms with van der Waals surface area (Å²) < 4.78 is 19.0. The summed E-state index contributed by atoms with van der Waals surface area (Å²) in [6.45, 7) is 2.62. The largest absolute Gasteiger partial charge is 0.496 e. The normalized spacial score (nSPS) is 21.9. The van der Waals surface area contributed by atoms with E-state index in [0.717, 1.165) is 20.8 Å². The minimum absolute atomic E-state index is 0.200. The first-order chi connectivity index (χ1) is 17.9. The zero-order valence-electron chi connectivity index (χ0n) is 21.0. The molecular weight excluding hydrogens is 538 g/mol. The lowest BCUT2D eigenvalue weighted by atomic mass is 9.91. The Bertz CT molecular complexity index is 1340. The van der Waals surface area contributed by atoms with Crippen LogP contribution in [0, 0.1) is 0 Å². The Hall–Kier alpha value is -3.14. The minimum atomic E-state index is -1.02. The molecule has 0 unspecified atom stereocenters. The number of anilines is 1. The molecule has 1 saturated heterocycles. The number of halogens is 1. The number of hydrogen-bond donors (Lipinski definition) is 2. The molecule has 2 aliphatic heterocycles. The van der Waals surface area contributed by atoms with Crippen LogP contribution in [0.1, 0.15) is 18.9 Å². The zero-order valence-corrected chi connectivity index (χ0v) is 22.6. The number of carbonyl (C=O) groups is 2. The highest BCUT2D eigenvalue weighted by molar-refractivity contribution is 9.10. The number of nitrogens with zero attached hydrogens (tertiary/aromatic N) is 1. The SMILES string of the molecule is CN[C@@H](C)C(=O)N[C@H]1C(=O)N(Cc2c(OC)ccc3cc(Br)ccc23)c2ccccc2O[C@]12CCOC2. The van der Waals surface area contributed by atoms with Crippen molar-refractivity contribution in [3.63, 3.8) is 0 Å². The average Bonchev–Trinajstić information content (AvgIpc) is 3.35. The first-order valence-electron chi connectivity index (χ1n) is 12.3. The fraction of sp³-hybridized carbons (Fsp3) is 0.357. The number of likely N-dealkylation sites (N-methyl/N-ethyl adjacent to an activating group) is 1. The summed E-state index contributed by atoms with van der Waals surface area (Å²) in [7, 11) is 3.33. The lowest BCUT2D eigenvalue weighted by Gasteiger charge is -2.35. The predicted molar refractivity (Wildman–Crippen MR) is 145 cm³/mol. The van der Waals surface area contributed by atoms with E-state index in [0.29, 0.717) is 30.2 Å². The molecule has 0 bridgehead atoms. The Balaban J connectivity index is 1.64. The maximum absolute atomic E-state index is 14.4. The van der Waals surface area contributed by atoms with Crippen molar-refractivity contribution >= 4 is 44.2 Å². The van der Waals surface area contributed by atoms with E-state index in [4.69, 9.17) is 14.2 Å². The van der Waals surface area contributed by atoms with Gasteiger partial charge in [0.2, 0.25) is 5.91 Å². The van der Waals surface area contributed by atoms with E-state index < -0.39 is 17.7 Å². The van der Waals surface area contributed by atoms with E-state index in [1.807, 2.05) is 54.6 Å². The molecule has 2 aliphatic rings. The number of fused-ring (bicyclic) bond motifs is 2. The van der Waals surface area contributed by atoms with E-state index in [1.54, 1.807) is 26.0 Å². The van der Waals surface area contributed by atoms with Gasteiger partial charge in [-0.1, -0.05) is 40.2 Å². The van der Waals surface area contributed by atoms with Gasteiger partial charge in [0, 0.05) is 16.5 Å². The molecule has 0 saturated carbocycles. The van der Waals surface area contributed by atoms with Crippen molar-refractivity contribution in [2.24, 2.45) is 0 Å². The molecule has 0 aromatic heterocycles. The Morgan fingerprint density at radius 3 is 2.78 bits per heavy atom. The van der Waals surface area contributed by atoms with Crippen LogP contribution in [0.15, 0.2) is 59.1 Å². The van der Waals surface area contributed by atoms with Crippen LogP contribution in [0.5, 0.6) is 11.5 Å². The zero-order chi connectivity index (χ0) is 26.2. The van der Waals surface area contributed by atoms with Crippen LogP contribution in [0.2, 0.25) is 0 Å². The molecule has 3 aromatic rings. The highest BCUT2D eigenvalue weighted by Gasteiger charge is 2.53. The molecule has 0 radical (unpaired) electrons. The molecule has 2 amide bonds. The van der Waals surface area contributed by atoms with Gasteiger partial charge in [-0.3, -0.25) is 9.59 Å². The highest BCUT2D eigenvalue weighted by atomic mass is 79.9. The molecule has 2 N–H and O–H groups in total. The summed E-state index contributed by atoms with van der Waals surface area (Å²) in [5.74, 6) is 0.702. The molecule has 3 aromatic carbocycles. The number of amides is 2. The van der Waals surface area contributed by atoms with Crippen LogP contribution in [0.25, 0.3) is 10.8 Å². The number of para-hydroxylation sites is 2. The summed E-state index contributed by atoms with van der Waals surface area (Å²) >= 11 is 3.55. The molecule has 9 heteroatoms. The van der Waals surface area contributed by atoms with Crippen LogP contribution in [-0.2, 0) is 20.9 Å². The van der Waals surface area contributed by atoms with Crippen molar-refractivity contribution in [3.05, 3.63) is 64.6 Å². The molecule has 194 valence electrons. The number of nitrogens with one attached hydrogen (secondary N) is 2. The fourth-order valence-electron chi connectivity index (χ4n) is 5.03.